The molecular weight excluding hydrogens is 248 g/mol. The zero-order valence-electron chi connectivity index (χ0n) is 11.4. The van der Waals surface area contributed by atoms with Crippen molar-refractivity contribution in [2.75, 3.05) is 26.2 Å². The van der Waals surface area contributed by atoms with Crippen LogP contribution in [0, 0.1) is 0 Å². The average molecular weight is 270 g/mol. The summed E-state index contributed by atoms with van der Waals surface area (Å²) < 4.78 is 0. The molecule has 1 aliphatic heterocycles. The lowest BCUT2D eigenvalue weighted by atomic mass is 10.1. The third-order valence-electron chi connectivity index (χ3n) is 3.21. The molecule has 1 rings (SSSR count). The zero-order chi connectivity index (χ0) is 14.3. The van der Waals surface area contributed by atoms with Crippen LogP contribution >= 0.6 is 0 Å². The molecule has 6 nitrogen and oxygen atoms in total. The molecule has 19 heavy (non-hydrogen) atoms. The molecule has 1 fully saturated rings. The van der Waals surface area contributed by atoms with Gasteiger partial charge in [0, 0.05) is 32.6 Å². The normalized spacial score (nSPS) is 16.1. The Labute approximate surface area is 113 Å². The number of carbonyl (C=O) groups excluding carboxylic acids is 2. The number of carboxylic acids is 1. The van der Waals surface area contributed by atoms with Crippen LogP contribution in [0.1, 0.15) is 39.0 Å². The highest BCUT2D eigenvalue weighted by Gasteiger charge is 2.31. The Morgan fingerprint density at radius 3 is 2.16 bits per heavy atom. The Hall–Kier alpha value is -1.59. The quantitative estimate of drug-likeness (QED) is 0.520. The fraction of sp³-hybridized carbons (Fsp3) is 0.769. The van der Waals surface area contributed by atoms with E-state index in [1.807, 2.05) is 6.92 Å². The Bertz CT molecular complexity index is 344. The first-order valence-corrected chi connectivity index (χ1v) is 6.86. The molecule has 108 valence electrons. The van der Waals surface area contributed by atoms with E-state index in [1.165, 1.54) is 0 Å². The van der Waals surface area contributed by atoms with Gasteiger partial charge in [0.2, 0.25) is 0 Å². The van der Waals surface area contributed by atoms with E-state index >= 15 is 0 Å². The maximum absolute atomic E-state index is 11.8. The van der Waals surface area contributed by atoms with Crippen LogP contribution < -0.4 is 0 Å². The van der Waals surface area contributed by atoms with Crippen molar-refractivity contribution in [2.45, 2.75) is 39.0 Å². The van der Waals surface area contributed by atoms with Crippen molar-refractivity contribution in [3.63, 3.8) is 0 Å². The molecule has 0 aromatic heterocycles. The van der Waals surface area contributed by atoms with Gasteiger partial charge in [-0.15, -0.1) is 0 Å². The molecule has 0 spiro atoms. The summed E-state index contributed by atoms with van der Waals surface area (Å²) in [5.41, 5.74) is 0. The second-order valence-electron chi connectivity index (χ2n) is 4.79. The van der Waals surface area contributed by atoms with Gasteiger partial charge in [0.25, 0.3) is 0 Å². The van der Waals surface area contributed by atoms with E-state index in [0.29, 0.717) is 32.6 Å². The van der Waals surface area contributed by atoms with Crippen LogP contribution in [0.4, 0.5) is 0 Å². The smallest absolute Gasteiger partial charge is 0.312 e. The lowest BCUT2D eigenvalue weighted by Crippen LogP contribution is -2.54. The number of hydrogen-bond acceptors (Lipinski definition) is 3. The summed E-state index contributed by atoms with van der Waals surface area (Å²) in [5, 5.41) is 8.50. The van der Waals surface area contributed by atoms with E-state index in [9.17, 15) is 14.4 Å². The van der Waals surface area contributed by atoms with Crippen molar-refractivity contribution in [2.24, 2.45) is 0 Å². The first kappa shape index (κ1) is 15.5. The monoisotopic (exact) mass is 270 g/mol. The summed E-state index contributed by atoms with van der Waals surface area (Å²) in [6, 6.07) is 0. The minimum Gasteiger partial charge on any atom is -0.481 e. The van der Waals surface area contributed by atoms with E-state index in [-0.39, 0.29) is 6.42 Å². The molecule has 1 saturated heterocycles. The Balaban J connectivity index is 2.27. The summed E-state index contributed by atoms with van der Waals surface area (Å²) in [5.74, 6) is -1.61. The van der Waals surface area contributed by atoms with Gasteiger partial charge >= 0.3 is 17.8 Å². The minimum atomic E-state index is -0.792. The predicted octanol–water partition coefficient (Wildman–Crippen LogP) is 0.712. The van der Waals surface area contributed by atoms with E-state index in [2.05, 4.69) is 0 Å². The van der Waals surface area contributed by atoms with Crippen molar-refractivity contribution in [3.8, 4) is 0 Å². The number of aliphatic carboxylic acids is 1. The molecule has 0 unspecified atom stereocenters. The van der Waals surface area contributed by atoms with Crippen molar-refractivity contribution in [1.29, 1.82) is 0 Å². The van der Waals surface area contributed by atoms with Gasteiger partial charge < -0.3 is 14.9 Å². The SMILES string of the molecule is CCCN1CCN(CCCCCC(=O)O)C(=O)C1=O. The lowest BCUT2D eigenvalue weighted by molar-refractivity contribution is -0.156. The third-order valence-corrected chi connectivity index (χ3v) is 3.21. The van der Waals surface area contributed by atoms with Crippen LogP contribution in [0.25, 0.3) is 0 Å². The van der Waals surface area contributed by atoms with Gasteiger partial charge in [-0.25, -0.2) is 0 Å². The number of carboxylic acid groups (broad SMARTS) is 1. The first-order chi connectivity index (χ1) is 9.06. The van der Waals surface area contributed by atoms with Gasteiger partial charge in [-0.3, -0.25) is 14.4 Å². The van der Waals surface area contributed by atoms with Crippen LogP contribution in [0.2, 0.25) is 0 Å². The molecule has 0 aromatic carbocycles. The summed E-state index contributed by atoms with van der Waals surface area (Å²) in [7, 11) is 0. The standard InChI is InChI=1S/C13H22N2O4/c1-2-7-14-9-10-15(13(19)12(14)18)8-5-3-4-6-11(16)17/h2-10H2,1H3,(H,16,17). The van der Waals surface area contributed by atoms with E-state index < -0.39 is 17.8 Å². The molecule has 0 saturated carbocycles. The number of carbonyl (C=O) groups is 3. The van der Waals surface area contributed by atoms with Crippen LogP contribution in [0.5, 0.6) is 0 Å². The molecule has 0 atom stereocenters. The minimum absolute atomic E-state index is 0.164. The van der Waals surface area contributed by atoms with Crippen LogP contribution in [-0.4, -0.2) is 58.9 Å². The number of hydrogen-bond donors (Lipinski definition) is 1. The molecule has 2 amide bonds. The van der Waals surface area contributed by atoms with E-state index in [4.69, 9.17) is 5.11 Å². The van der Waals surface area contributed by atoms with Gasteiger partial charge in [-0.2, -0.15) is 0 Å². The topological polar surface area (TPSA) is 77.9 Å². The van der Waals surface area contributed by atoms with Gasteiger partial charge in [-0.1, -0.05) is 13.3 Å². The number of amides is 2. The van der Waals surface area contributed by atoms with Crippen LogP contribution in [0.15, 0.2) is 0 Å². The van der Waals surface area contributed by atoms with Gasteiger partial charge in [0.15, 0.2) is 0 Å². The second kappa shape index (κ2) is 7.76. The van der Waals surface area contributed by atoms with Gasteiger partial charge in [0.1, 0.15) is 0 Å². The van der Waals surface area contributed by atoms with E-state index in [1.54, 1.807) is 9.80 Å². The third kappa shape index (κ3) is 4.89. The van der Waals surface area contributed by atoms with Crippen molar-refractivity contribution in [1.82, 2.24) is 9.80 Å². The Morgan fingerprint density at radius 1 is 1.05 bits per heavy atom. The molecule has 1 aliphatic rings. The molecular formula is C13H22N2O4. The van der Waals surface area contributed by atoms with Crippen molar-refractivity contribution in [3.05, 3.63) is 0 Å². The molecule has 1 N–H and O–H groups in total. The average Bonchev–Trinajstić information content (AvgIpc) is 2.37. The highest BCUT2D eigenvalue weighted by molar-refractivity contribution is 6.35. The van der Waals surface area contributed by atoms with Gasteiger partial charge in [-0.05, 0) is 19.3 Å². The van der Waals surface area contributed by atoms with Crippen molar-refractivity contribution >= 4 is 17.8 Å². The molecule has 0 aromatic rings. The fourth-order valence-electron chi connectivity index (χ4n) is 2.17. The summed E-state index contributed by atoms with van der Waals surface area (Å²) >= 11 is 0. The van der Waals surface area contributed by atoms with E-state index in [0.717, 1.165) is 19.3 Å². The molecule has 0 bridgehead atoms. The molecule has 0 aliphatic carbocycles. The molecule has 0 radical (unpaired) electrons. The van der Waals surface area contributed by atoms with Crippen LogP contribution in [-0.2, 0) is 14.4 Å². The van der Waals surface area contributed by atoms with Crippen molar-refractivity contribution < 1.29 is 19.5 Å². The Kier molecular flexibility index (Phi) is 6.32. The highest BCUT2D eigenvalue weighted by atomic mass is 16.4. The predicted molar refractivity (Wildman–Crippen MR) is 69.6 cm³/mol. The number of unbranched alkanes of at least 4 members (excludes halogenated alkanes) is 2. The number of rotatable bonds is 8. The fourth-order valence-corrected chi connectivity index (χ4v) is 2.17. The Morgan fingerprint density at radius 2 is 1.63 bits per heavy atom. The number of nitrogens with zero attached hydrogens (tertiary/aromatic N) is 2. The number of piperazine rings is 1. The van der Waals surface area contributed by atoms with Gasteiger partial charge in [0.05, 0.1) is 0 Å². The maximum atomic E-state index is 11.8. The summed E-state index contributed by atoms with van der Waals surface area (Å²) in [4.78, 5) is 37.1. The highest BCUT2D eigenvalue weighted by Crippen LogP contribution is 2.08. The zero-order valence-corrected chi connectivity index (χ0v) is 11.4. The maximum Gasteiger partial charge on any atom is 0.312 e. The molecule has 6 heteroatoms. The van der Waals surface area contributed by atoms with Crippen LogP contribution in [0.3, 0.4) is 0 Å². The lowest BCUT2D eigenvalue weighted by Gasteiger charge is -2.33. The molecule has 1 heterocycles. The first-order valence-electron chi connectivity index (χ1n) is 6.86. The second-order valence-corrected chi connectivity index (χ2v) is 4.79. The summed E-state index contributed by atoms with van der Waals surface area (Å²) in [6.07, 6.45) is 3.15. The largest absolute Gasteiger partial charge is 0.481 e. The summed E-state index contributed by atoms with van der Waals surface area (Å²) in [6.45, 7) is 4.35.